The summed E-state index contributed by atoms with van der Waals surface area (Å²) >= 11 is 5.93. The fourth-order valence-electron chi connectivity index (χ4n) is 2.67. The summed E-state index contributed by atoms with van der Waals surface area (Å²) in [5, 5.41) is 1.61. The monoisotopic (exact) mass is 354 g/mol. The van der Waals surface area contributed by atoms with Crippen LogP contribution in [0.4, 0.5) is 0 Å². The molecule has 1 amide bonds. The number of aromatic nitrogens is 1. The molecule has 0 N–H and O–H groups in total. The SMILES string of the molecule is COc1ccc2nc(C(=O)N(C)[C@H](C)c3ccc(Cl)cc3)ccc2c1. The van der Waals surface area contributed by atoms with Crippen molar-refractivity contribution in [2.45, 2.75) is 13.0 Å². The molecule has 1 atom stereocenters. The van der Waals surface area contributed by atoms with Crippen LogP contribution in [0.3, 0.4) is 0 Å². The normalized spacial score (nSPS) is 12.0. The van der Waals surface area contributed by atoms with Crippen molar-refractivity contribution in [3.63, 3.8) is 0 Å². The summed E-state index contributed by atoms with van der Waals surface area (Å²) in [7, 11) is 3.40. The minimum absolute atomic E-state index is 0.0851. The van der Waals surface area contributed by atoms with Gasteiger partial charge in [-0.2, -0.15) is 0 Å². The lowest BCUT2D eigenvalue weighted by Gasteiger charge is -2.25. The number of pyridine rings is 1. The van der Waals surface area contributed by atoms with Gasteiger partial charge in [-0.05, 0) is 48.9 Å². The number of hydrogen-bond acceptors (Lipinski definition) is 3. The lowest BCUT2D eigenvalue weighted by molar-refractivity contribution is 0.0737. The molecule has 0 fully saturated rings. The van der Waals surface area contributed by atoms with E-state index < -0.39 is 0 Å². The third-order valence-corrected chi connectivity index (χ3v) is 4.62. The number of hydrogen-bond donors (Lipinski definition) is 0. The first-order valence-electron chi connectivity index (χ1n) is 7.97. The zero-order chi connectivity index (χ0) is 18.0. The number of halogens is 1. The average molecular weight is 355 g/mol. The molecule has 0 spiro atoms. The lowest BCUT2D eigenvalue weighted by Crippen LogP contribution is -2.30. The molecule has 0 aliphatic carbocycles. The van der Waals surface area contributed by atoms with Gasteiger partial charge in [0.05, 0.1) is 18.7 Å². The molecule has 3 rings (SSSR count). The van der Waals surface area contributed by atoms with Crippen LogP contribution in [-0.4, -0.2) is 29.9 Å². The number of amides is 1. The molecule has 2 aromatic carbocycles. The number of carbonyl (C=O) groups is 1. The molecule has 0 aliphatic rings. The van der Waals surface area contributed by atoms with Crippen molar-refractivity contribution in [1.82, 2.24) is 9.88 Å². The third kappa shape index (κ3) is 3.59. The Morgan fingerprint density at radius 1 is 1.12 bits per heavy atom. The molecule has 0 unspecified atom stereocenters. The highest BCUT2D eigenvalue weighted by Crippen LogP contribution is 2.24. The van der Waals surface area contributed by atoms with Gasteiger partial charge in [0.1, 0.15) is 11.4 Å². The van der Waals surface area contributed by atoms with Crippen molar-refractivity contribution in [3.8, 4) is 5.75 Å². The highest BCUT2D eigenvalue weighted by molar-refractivity contribution is 6.30. The minimum atomic E-state index is -0.125. The molecule has 4 nitrogen and oxygen atoms in total. The predicted molar refractivity (Wildman–Crippen MR) is 100 cm³/mol. The molecule has 0 aliphatic heterocycles. The van der Waals surface area contributed by atoms with Gasteiger partial charge in [0, 0.05) is 17.5 Å². The van der Waals surface area contributed by atoms with Crippen LogP contribution in [0.1, 0.15) is 29.0 Å². The Balaban J connectivity index is 1.86. The van der Waals surface area contributed by atoms with Gasteiger partial charge in [0.25, 0.3) is 5.91 Å². The maximum atomic E-state index is 12.8. The standard InChI is InChI=1S/C20H19ClN2O2/c1-13(14-4-7-16(21)8-5-14)23(2)20(24)19-10-6-15-12-17(25-3)9-11-18(15)22-19/h4-13H,1-3H3/t13-/m1/s1. The van der Waals surface area contributed by atoms with E-state index in [4.69, 9.17) is 16.3 Å². The molecule has 3 aromatic rings. The van der Waals surface area contributed by atoms with E-state index in [9.17, 15) is 4.79 Å². The van der Waals surface area contributed by atoms with Gasteiger partial charge in [-0.25, -0.2) is 4.98 Å². The Bertz CT molecular complexity index is 909. The molecule has 0 bridgehead atoms. The van der Waals surface area contributed by atoms with E-state index in [1.807, 2.05) is 55.5 Å². The first-order chi connectivity index (χ1) is 12.0. The molecule has 25 heavy (non-hydrogen) atoms. The van der Waals surface area contributed by atoms with Crippen LogP contribution in [0, 0.1) is 0 Å². The molecular formula is C20H19ClN2O2. The average Bonchev–Trinajstić information content (AvgIpc) is 2.66. The number of nitrogens with zero attached hydrogens (tertiary/aromatic N) is 2. The van der Waals surface area contributed by atoms with Gasteiger partial charge in [0.2, 0.25) is 0 Å². The summed E-state index contributed by atoms with van der Waals surface area (Å²) in [5.74, 6) is 0.641. The first kappa shape index (κ1) is 17.2. The highest BCUT2D eigenvalue weighted by atomic mass is 35.5. The fraction of sp³-hybridized carbons (Fsp3) is 0.200. The van der Waals surface area contributed by atoms with E-state index in [0.29, 0.717) is 10.7 Å². The second-order valence-corrected chi connectivity index (χ2v) is 6.34. The van der Waals surface area contributed by atoms with Gasteiger partial charge in [-0.1, -0.05) is 29.8 Å². The Kier molecular flexibility index (Phi) is 4.91. The summed E-state index contributed by atoms with van der Waals surface area (Å²) in [6.07, 6.45) is 0. The minimum Gasteiger partial charge on any atom is -0.497 e. The van der Waals surface area contributed by atoms with E-state index in [0.717, 1.165) is 22.2 Å². The smallest absolute Gasteiger partial charge is 0.272 e. The second-order valence-electron chi connectivity index (χ2n) is 5.90. The molecular weight excluding hydrogens is 336 g/mol. The van der Waals surface area contributed by atoms with Crippen LogP contribution in [0.2, 0.25) is 5.02 Å². The number of fused-ring (bicyclic) bond motifs is 1. The summed E-state index contributed by atoms with van der Waals surface area (Å²) < 4.78 is 5.21. The van der Waals surface area contributed by atoms with E-state index >= 15 is 0 Å². The fourth-order valence-corrected chi connectivity index (χ4v) is 2.80. The number of methoxy groups -OCH3 is 1. The van der Waals surface area contributed by atoms with Crippen LogP contribution >= 0.6 is 11.6 Å². The van der Waals surface area contributed by atoms with Gasteiger partial charge in [-0.15, -0.1) is 0 Å². The number of carbonyl (C=O) groups excluding carboxylic acids is 1. The maximum absolute atomic E-state index is 12.8. The van der Waals surface area contributed by atoms with Crippen molar-refractivity contribution < 1.29 is 9.53 Å². The zero-order valence-corrected chi connectivity index (χ0v) is 15.1. The molecule has 1 heterocycles. The molecule has 5 heteroatoms. The third-order valence-electron chi connectivity index (χ3n) is 4.37. The van der Waals surface area contributed by atoms with E-state index in [2.05, 4.69) is 4.98 Å². The van der Waals surface area contributed by atoms with Crippen LogP contribution in [0.15, 0.2) is 54.6 Å². The van der Waals surface area contributed by atoms with Crippen molar-refractivity contribution >= 4 is 28.4 Å². The predicted octanol–water partition coefficient (Wildman–Crippen LogP) is 4.73. The summed E-state index contributed by atoms with van der Waals surface area (Å²) in [6, 6.07) is 16.6. The van der Waals surface area contributed by atoms with Gasteiger partial charge in [-0.3, -0.25) is 4.79 Å². The van der Waals surface area contributed by atoms with Crippen molar-refractivity contribution in [2.75, 3.05) is 14.2 Å². The molecule has 1 aromatic heterocycles. The topological polar surface area (TPSA) is 42.4 Å². The van der Waals surface area contributed by atoms with E-state index in [1.54, 1.807) is 25.1 Å². The Morgan fingerprint density at radius 2 is 1.84 bits per heavy atom. The number of rotatable bonds is 4. The number of ether oxygens (including phenoxy) is 1. The van der Waals surface area contributed by atoms with Gasteiger partial charge >= 0.3 is 0 Å². The van der Waals surface area contributed by atoms with Crippen molar-refractivity contribution in [1.29, 1.82) is 0 Å². The zero-order valence-electron chi connectivity index (χ0n) is 14.4. The Hall–Kier alpha value is -2.59. The van der Waals surface area contributed by atoms with Crippen LogP contribution in [-0.2, 0) is 0 Å². The summed E-state index contributed by atoms with van der Waals surface area (Å²) in [4.78, 5) is 19.0. The maximum Gasteiger partial charge on any atom is 0.272 e. The largest absolute Gasteiger partial charge is 0.497 e. The molecule has 128 valence electrons. The van der Waals surface area contributed by atoms with E-state index in [1.165, 1.54) is 0 Å². The first-order valence-corrected chi connectivity index (χ1v) is 8.35. The van der Waals surface area contributed by atoms with Crippen molar-refractivity contribution in [2.24, 2.45) is 0 Å². The Labute approximate surface area is 152 Å². The highest BCUT2D eigenvalue weighted by Gasteiger charge is 2.20. The molecule has 0 radical (unpaired) electrons. The second kappa shape index (κ2) is 7.11. The van der Waals surface area contributed by atoms with Gasteiger partial charge < -0.3 is 9.64 Å². The lowest BCUT2D eigenvalue weighted by atomic mass is 10.1. The van der Waals surface area contributed by atoms with E-state index in [-0.39, 0.29) is 11.9 Å². The quantitative estimate of drug-likeness (QED) is 0.680. The molecule has 0 saturated heterocycles. The summed E-state index contributed by atoms with van der Waals surface area (Å²) in [6.45, 7) is 1.98. The molecule has 0 saturated carbocycles. The summed E-state index contributed by atoms with van der Waals surface area (Å²) in [5.41, 5.74) is 2.20. The van der Waals surface area contributed by atoms with Crippen LogP contribution in [0.5, 0.6) is 5.75 Å². The van der Waals surface area contributed by atoms with Gasteiger partial charge in [0.15, 0.2) is 0 Å². The van der Waals surface area contributed by atoms with Crippen LogP contribution < -0.4 is 4.74 Å². The van der Waals surface area contributed by atoms with Crippen molar-refractivity contribution in [3.05, 3.63) is 70.9 Å². The number of benzene rings is 2. The van der Waals surface area contributed by atoms with Crippen LogP contribution in [0.25, 0.3) is 10.9 Å². The Morgan fingerprint density at radius 3 is 2.52 bits per heavy atom.